The monoisotopic (exact) mass is 273 g/mol. The third-order valence-corrected chi connectivity index (χ3v) is 5.23. The van der Waals surface area contributed by atoms with Gasteiger partial charge in [0.1, 0.15) is 11.9 Å². The Bertz CT molecular complexity index is 501. The average Bonchev–Trinajstić information content (AvgIpc) is 2.97. The first-order valence-corrected chi connectivity index (χ1v) is 8.27. The zero-order valence-corrected chi connectivity index (χ0v) is 11.9. The van der Waals surface area contributed by atoms with Gasteiger partial charge in [-0.1, -0.05) is 0 Å². The number of thioether (sulfide) groups is 1. The lowest BCUT2D eigenvalue weighted by Gasteiger charge is -2.18. The van der Waals surface area contributed by atoms with Gasteiger partial charge >= 0.3 is 0 Å². The second-order valence-electron chi connectivity index (χ2n) is 5.42. The Morgan fingerprint density at radius 3 is 3.11 bits per heavy atom. The summed E-state index contributed by atoms with van der Waals surface area (Å²) in [6, 6.07) is 4.34. The van der Waals surface area contributed by atoms with Gasteiger partial charge in [-0.05, 0) is 61.2 Å². The third kappa shape index (κ3) is 2.87. The van der Waals surface area contributed by atoms with Crippen LogP contribution >= 0.6 is 11.8 Å². The van der Waals surface area contributed by atoms with Crippen molar-refractivity contribution >= 4 is 17.6 Å². The summed E-state index contributed by atoms with van der Waals surface area (Å²) >= 11 is 2.02. The normalized spacial score (nSPS) is 21.7. The van der Waals surface area contributed by atoms with Crippen LogP contribution in [-0.4, -0.2) is 23.0 Å². The van der Waals surface area contributed by atoms with Crippen LogP contribution in [0.25, 0.3) is 0 Å². The van der Waals surface area contributed by atoms with E-state index in [9.17, 15) is 5.26 Å². The minimum Gasteiger partial charge on any atom is -0.369 e. The largest absolute Gasteiger partial charge is 0.369 e. The number of anilines is 1. The lowest BCUT2D eigenvalue weighted by atomic mass is 9.95. The van der Waals surface area contributed by atoms with Gasteiger partial charge in [-0.3, -0.25) is 0 Å². The summed E-state index contributed by atoms with van der Waals surface area (Å²) in [5.41, 5.74) is 3.20. The second kappa shape index (κ2) is 5.83. The quantitative estimate of drug-likeness (QED) is 0.919. The molecule has 1 aliphatic heterocycles. The molecule has 0 saturated carbocycles. The van der Waals surface area contributed by atoms with Crippen molar-refractivity contribution in [3.8, 4) is 6.07 Å². The molecular formula is C15H19N3S. The van der Waals surface area contributed by atoms with Crippen molar-refractivity contribution in [1.82, 2.24) is 4.98 Å². The minimum absolute atomic E-state index is 0.714. The van der Waals surface area contributed by atoms with Gasteiger partial charge in [-0.15, -0.1) is 0 Å². The molecule has 1 fully saturated rings. The highest BCUT2D eigenvalue weighted by Crippen LogP contribution is 2.26. The average molecular weight is 273 g/mol. The van der Waals surface area contributed by atoms with Crippen LogP contribution < -0.4 is 5.32 Å². The molecule has 1 aromatic rings. The highest BCUT2D eigenvalue weighted by molar-refractivity contribution is 7.99. The van der Waals surface area contributed by atoms with E-state index in [1.54, 1.807) is 0 Å². The molecule has 0 spiro atoms. The number of hydrogen-bond acceptors (Lipinski definition) is 4. The van der Waals surface area contributed by atoms with E-state index in [0.717, 1.165) is 31.1 Å². The summed E-state index contributed by atoms with van der Waals surface area (Å²) in [5.74, 6) is 4.05. The van der Waals surface area contributed by atoms with Gasteiger partial charge in [-0.25, -0.2) is 4.98 Å². The Balaban J connectivity index is 1.77. The molecule has 3 rings (SSSR count). The molecule has 19 heavy (non-hydrogen) atoms. The Morgan fingerprint density at radius 1 is 1.42 bits per heavy atom. The molecule has 2 aliphatic rings. The van der Waals surface area contributed by atoms with E-state index < -0.39 is 0 Å². The maximum atomic E-state index is 9.28. The van der Waals surface area contributed by atoms with Crippen LogP contribution in [0.4, 0.5) is 5.82 Å². The topological polar surface area (TPSA) is 48.7 Å². The van der Waals surface area contributed by atoms with Gasteiger partial charge in [0.05, 0.1) is 5.56 Å². The van der Waals surface area contributed by atoms with Crippen LogP contribution in [0.2, 0.25) is 0 Å². The Morgan fingerprint density at radius 2 is 2.32 bits per heavy atom. The van der Waals surface area contributed by atoms with Crippen LogP contribution in [0.5, 0.6) is 0 Å². The summed E-state index contributed by atoms with van der Waals surface area (Å²) in [6.45, 7) is 0.952. The summed E-state index contributed by atoms with van der Waals surface area (Å²) in [4.78, 5) is 4.70. The predicted octanol–water partition coefficient (Wildman–Crippen LogP) is 3.00. The van der Waals surface area contributed by atoms with Crippen LogP contribution in [-0.2, 0) is 12.8 Å². The third-order valence-electron chi connectivity index (χ3n) is 4.00. The van der Waals surface area contributed by atoms with Crippen molar-refractivity contribution in [1.29, 1.82) is 5.26 Å². The first-order chi connectivity index (χ1) is 9.36. The van der Waals surface area contributed by atoms with Gasteiger partial charge in [0.15, 0.2) is 0 Å². The van der Waals surface area contributed by atoms with Crippen molar-refractivity contribution in [2.75, 3.05) is 23.4 Å². The maximum Gasteiger partial charge on any atom is 0.144 e. The number of nitriles is 1. The second-order valence-corrected chi connectivity index (χ2v) is 6.57. The molecule has 1 atom stereocenters. The summed E-state index contributed by atoms with van der Waals surface area (Å²) in [5, 5.41) is 12.7. The van der Waals surface area contributed by atoms with Crippen molar-refractivity contribution in [3.63, 3.8) is 0 Å². The zero-order valence-electron chi connectivity index (χ0n) is 11.1. The van der Waals surface area contributed by atoms with Crippen molar-refractivity contribution in [2.45, 2.75) is 32.1 Å². The number of aryl methyl sites for hydroxylation is 2. The highest BCUT2D eigenvalue weighted by atomic mass is 32.2. The van der Waals surface area contributed by atoms with Gasteiger partial charge in [-0.2, -0.15) is 17.0 Å². The molecule has 3 nitrogen and oxygen atoms in total. The molecule has 1 unspecified atom stereocenters. The standard InChI is InChI=1S/C15H19N3S/c16-8-13-7-12-3-1-2-4-14(12)18-15(13)17-9-11-5-6-19-10-11/h7,11H,1-6,9-10H2,(H,17,18). The van der Waals surface area contributed by atoms with Gasteiger partial charge in [0.25, 0.3) is 0 Å². The van der Waals surface area contributed by atoms with E-state index in [1.165, 1.54) is 42.0 Å². The van der Waals surface area contributed by atoms with Crippen molar-refractivity contribution < 1.29 is 0 Å². The van der Waals surface area contributed by atoms with Gasteiger partial charge < -0.3 is 5.32 Å². The Kier molecular flexibility index (Phi) is 3.93. The predicted molar refractivity (Wildman–Crippen MR) is 79.5 cm³/mol. The lowest BCUT2D eigenvalue weighted by Crippen LogP contribution is -2.17. The fraction of sp³-hybridized carbons (Fsp3) is 0.600. The zero-order chi connectivity index (χ0) is 13.1. The summed E-state index contributed by atoms with van der Waals surface area (Å²) in [7, 11) is 0. The number of pyridine rings is 1. The Labute approximate surface area is 118 Å². The van der Waals surface area contributed by atoms with E-state index in [2.05, 4.69) is 11.4 Å². The van der Waals surface area contributed by atoms with Gasteiger partial charge in [0, 0.05) is 12.2 Å². The van der Waals surface area contributed by atoms with Crippen LogP contribution in [0, 0.1) is 17.2 Å². The first kappa shape index (κ1) is 12.8. The number of nitrogens with one attached hydrogen (secondary N) is 1. The molecule has 0 radical (unpaired) electrons. The van der Waals surface area contributed by atoms with Crippen LogP contribution in [0.1, 0.15) is 36.1 Å². The number of hydrogen-bond donors (Lipinski definition) is 1. The molecule has 1 N–H and O–H groups in total. The molecule has 1 saturated heterocycles. The SMILES string of the molecule is N#Cc1cc2c(nc1NCC1CCSC1)CCCC2. The maximum absolute atomic E-state index is 9.28. The molecule has 1 aliphatic carbocycles. The van der Waals surface area contributed by atoms with Crippen LogP contribution in [0.3, 0.4) is 0 Å². The number of rotatable bonds is 3. The lowest BCUT2D eigenvalue weighted by molar-refractivity contribution is 0.628. The molecule has 0 aromatic carbocycles. The molecule has 1 aromatic heterocycles. The molecular weight excluding hydrogens is 254 g/mol. The fourth-order valence-electron chi connectivity index (χ4n) is 2.84. The Hall–Kier alpha value is -1.21. The van der Waals surface area contributed by atoms with E-state index in [1.807, 2.05) is 17.8 Å². The highest BCUT2D eigenvalue weighted by Gasteiger charge is 2.18. The van der Waals surface area contributed by atoms with E-state index in [4.69, 9.17) is 4.98 Å². The number of aromatic nitrogens is 1. The van der Waals surface area contributed by atoms with Crippen molar-refractivity contribution in [3.05, 3.63) is 22.9 Å². The summed E-state index contributed by atoms with van der Waals surface area (Å²) < 4.78 is 0. The molecule has 0 bridgehead atoms. The fourth-order valence-corrected chi connectivity index (χ4v) is 4.12. The van der Waals surface area contributed by atoms with E-state index in [-0.39, 0.29) is 0 Å². The van der Waals surface area contributed by atoms with Crippen molar-refractivity contribution in [2.24, 2.45) is 5.92 Å². The van der Waals surface area contributed by atoms with E-state index in [0.29, 0.717) is 5.56 Å². The molecule has 2 heterocycles. The smallest absolute Gasteiger partial charge is 0.144 e. The van der Waals surface area contributed by atoms with E-state index >= 15 is 0 Å². The van der Waals surface area contributed by atoms with Gasteiger partial charge in [0.2, 0.25) is 0 Å². The first-order valence-electron chi connectivity index (χ1n) is 7.11. The molecule has 100 valence electrons. The number of nitrogens with zero attached hydrogens (tertiary/aromatic N) is 2. The minimum atomic E-state index is 0.714. The van der Waals surface area contributed by atoms with Crippen LogP contribution in [0.15, 0.2) is 6.07 Å². The molecule has 0 amide bonds. The number of fused-ring (bicyclic) bond motifs is 1. The molecule has 4 heteroatoms. The summed E-state index contributed by atoms with van der Waals surface area (Å²) in [6.07, 6.45) is 5.88.